The molecule has 0 bridgehead atoms. The molecular formula is C29H33N5O2S. The predicted octanol–water partition coefficient (Wildman–Crippen LogP) is 4.86. The molecule has 1 aliphatic rings. The van der Waals surface area contributed by atoms with Crippen molar-refractivity contribution in [2.45, 2.75) is 19.9 Å². The van der Waals surface area contributed by atoms with Crippen LogP contribution in [0.2, 0.25) is 0 Å². The van der Waals surface area contributed by atoms with Crippen LogP contribution in [-0.4, -0.2) is 70.3 Å². The van der Waals surface area contributed by atoms with Gasteiger partial charge >= 0.3 is 0 Å². The van der Waals surface area contributed by atoms with E-state index in [1.165, 1.54) is 16.9 Å². The summed E-state index contributed by atoms with van der Waals surface area (Å²) in [5, 5.41) is 22.8. The number of fused-ring (bicyclic) bond motifs is 1. The van der Waals surface area contributed by atoms with Gasteiger partial charge in [-0.3, -0.25) is 14.8 Å². The first-order valence-corrected chi connectivity index (χ1v) is 13.6. The minimum atomic E-state index is -0.0815. The number of hydrogen-bond acceptors (Lipinski definition) is 6. The molecule has 192 valence electrons. The first kappa shape index (κ1) is 25.4. The van der Waals surface area contributed by atoms with Crippen molar-refractivity contribution in [3.63, 3.8) is 0 Å². The van der Waals surface area contributed by atoms with E-state index in [0.717, 1.165) is 84.0 Å². The number of piperazine rings is 1. The maximum Gasteiger partial charge on any atom is 0.266 e. The standard InChI is InChI=1S/C29H33N5O2S/c1-21-11-18-37-28(21)29(36)30-27-19-22(20-34-15-13-33(14-16-34)12-4-17-35)7-8-23(27)9-10-26-24-5-2-3-6-25(24)31-32-26/h2-3,5-11,18-19,35H,4,12-17,20H2,1H3,(H,30,36)(H,31,32). The molecule has 1 amide bonds. The second kappa shape index (κ2) is 11.8. The Morgan fingerprint density at radius 2 is 1.92 bits per heavy atom. The van der Waals surface area contributed by atoms with E-state index in [0.29, 0.717) is 0 Å². The number of H-pyrrole nitrogens is 1. The molecule has 0 atom stereocenters. The van der Waals surface area contributed by atoms with Crippen LogP contribution in [0.3, 0.4) is 0 Å². The highest BCUT2D eigenvalue weighted by atomic mass is 32.1. The fourth-order valence-electron chi connectivity index (χ4n) is 4.74. The van der Waals surface area contributed by atoms with Crippen LogP contribution in [0.4, 0.5) is 5.69 Å². The average Bonchev–Trinajstić information content (AvgIpc) is 3.54. The zero-order chi connectivity index (χ0) is 25.6. The van der Waals surface area contributed by atoms with Gasteiger partial charge in [-0.2, -0.15) is 5.10 Å². The average molecular weight is 516 g/mol. The van der Waals surface area contributed by atoms with Crippen LogP contribution in [0.15, 0.2) is 53.9 Å². The SMILES string of the molecule is Cc1ccsc1C(=O)Nc1cc(CN2CCN(CCCO)CC2)ccc1C=Cc1n[nH]c2ccccc12. The molecule has 37 heavy (non-hydrogen) atoms. The molecule has 1 fully saturated rings. The number of thiophene rings is 1. The van der Waals surface area contributed by atoms with Gasteiger partial charge in [0.05, 0.1) is 16.1 Å². The zero-order valence-corrected chi connectivity index (χ0v) is 21.9. The number of aliphatic hydroxyl groups is 1. The van der Waals surface area contributed by atoms with Gasteiger partial charge in [0.2, 0.25) is 0 Å². The Bertz CT molecular complexity index is 1380. The lowest BCUT2D eigenvalue weighted by molar-refractivity contribution is 0.103. The minimum Gasteiger partial charge on any atom is -0.396 e. The monoisotopic (exact) mass is 515 g/mol. The third-order valence-electron chi connectivity index (χ3n) is 6.86. The highest BCUT2D eigenvalue weighted by Crippen LogP contribution is 2.25. The highest BCUT2D eigenvalue weighted by molar-refractivity contribution is 7.12. The van der Waals surface area contributed by atoms with Crippen LogP contribution in [0.1, 0.15) is 38.5 Å². The molecule has 3 N–H and O–H groups in total. The van der Waals surface area contributed by atoms with Gasteiger partial charge in [0.15, 0.2) is 0 Å². The van der Waals surface area contributed by atoms with E-state index in [-0.39, 0.29) is 12.5 Å². The topological polar surface area (TPSA) is 84.5 Å². The van der Waals surface area contributed by atoms with Crippen molar-refractivity contribution in [1.29, 1.82) is 0 Å². The first-order chi connectivity index (χ1) is 18.1. The number of amides is 1. The summed E-state index contributed by atoms with van der Waals surface area (Å²) in [5.41, 5.74) is 5.75. The molecule has 0 saturated carbocycles. The number of nitrogens with one attached hydrogen (secondary N) is 2. The molecule has 0 aliphatic carbocycles. The Labute approximate surface area is 221 Å². The van der Waals surface area contributed by atoms with E-state index in [4.69, 9.17) is 5.11 Å². The lowest BCUT2D eigenvalue weighted by Crippen LogP contribution is -2.46. The summed E-state index contributed by atoms with van der Waals surface area (Å²) in [7, 11) is 0. The van der Waals surface area contributed by atoms with Crippen molar-refractivity contribution in [3.05, 3.63) is 81.2 Å². The van der Waals surface area contributed by atoms with Gasteiger partial charge in [0.25, 0.3) is 5.91 Å². The molecule has 1 saturated heterocycles. The minimum absolute atomic E-state index is 0.0815. The molecule has 0 radical (unpaired) electrons. The van der Waals surface area contributed by atoms with Crippen LogP contribution >= 0.6 is 11.3 Å². The van der Waals surface area contributed by atoms with Crippen molar-refractivity contribution in [3.8, 4) is 0 Å². The van der Waals surface area contributed by atoms with Gasteiger partial charge < -0.3 is 15.3 Å². The predicted molar refractivity (Wildman–Crippen MR) is 152 cm³/mol. The summed E-state index contributed by atoms with van der Waals surface area (Å²) in [6.07, 6.45) is 4.84. The number of rotatable bonds is 9. The number of anilines is 1. The van der Waals surface area contributed by atoms with Crippen molar-refractivity contribution >= 4 is 46.0 Å². The van der Waals surface area contributed by atoms with Gasteiger partial charge in [0.1, 0.15) is 0 Å². The maximum absolute atomic E-state index is 13.1. The summed E-state index contributed by atoms with van der Waals surface area (Å²) in [6.45, 7) is 8.02. The number of aryl methyl sites for hydroxylation is 1. The van der Waals surface area contributed by atoms with Crippen molar-refractivity contribution in [2.75, 3.05) is 44.6 Å². The van der Waals surface area contributed by atoms with Gasteiger partial charge in [-0.25, -0.2) is 0 Å². The summed E-state index contributed by atoms with van der Waals surface area (Å²) in [4.78, 5) is 18.7. The molecule has 5 rings (SSSR count). The maximum atomic E-state index is 13.1. The van der Waals surface area contributed by atoms with Crippen LogP contribution in [0.5, 0.6) is 0 Å². The van der Waals surface area contributed by atoms with Gasteiger partial charge in [0, 0.05) is 56.9 Å². The zero-order valence-electron chi connectivity index (χ0n) is 21.1. The van der Waals surface area contributed by atoms with E-state index in [1.54, 1.807) is 0 Å². The molecule has 3 heterocycles. The molecule has 0 unspecified atom stereocenters. The highest BCUT2D eigenvalue weighted by Gasteiger charge is 2.18. The number of carbonyl (C=O) groups is 1. The summed E-state index contributed by atoms with van der Waals surface area (Å²) in [6, 6.07) is 16.3. The van der Waals surface area contributed by atoms with Crippen LogP contribution in [0.25, 0.3) is 23.1 Å². The van der Waals surface area contributed by atoms with E-state index >= 15 is 0 Å². The second-order valence-corrected chi connectivity index (χ2v) is 10.4. The Balaban J connectivity index is 1.36. The van der Waals surface area contributed by atoms with Gasteiger partial charge in [-0.05, 0) is 59.7 Å². The number of nitrogens with zero attached hydrogens (tertiary/aromatic N) is 3. The molecule has 0 spiro atoms. The third kappa shape index (κ3) is 6.17. The fourth-order valence-corrected chi connectivity index (χ4v) is 5.56. The molecule has 1 aliphatic heterocycles. The van der Waals surface area contributed by atoms with Gasteiger partial charge in [-0.15, -0.1) is 11.3 Å². The summed E-state index contributed by atoms with van der Waals surface area (Å²) < 4.78 is 0. The summed E-state index contributed by atoms with van der Waals surface area (Å²) >= 11 is 1.46. The molecule has 2 aromatic heterocycles. The van der Waals surface area contributed by atoms with E-state index in [1.807, 2.05) is 54.8 Å². The molecule has 7 nitrogen and oxygen atoms in total. The normalized spacial score (nSPS) is 15.1. The molecule has 4 aromatic rings. The Kier molecular flexibility index (Phi) is 8.11. The smallest absolute Gasteiger partial charge is 0.266 e. The van der Waals surface area contributed by atoms with Crippen molar-refractivity contribution in [1.82, 2.24) is 20.0 Å². The first-order valence-electron chi connectivity index (χ1n) is 12.8. The van der Waals surface area contributed by atoms with Gasteiger partial charge in [-0.1, -0.05) is 36.4 Å². The molecular weight excluding hydrogens is 482 g/mol. The number of benzene rings is 2. The number of aromatic nitrogens is 2. The lowest BCUT2D eigenvalue weighted by Gasteiger charge is -2.34. The molecule has 2 aromatic carbocycles. The van der Waals surface area contributed by atoms with Crippen LogP contribution in [-0.2, 0) is 6.54 Å². The Hall–Kier alpha value is -3.30. The fraction of sp³-hybridized carbons (Fsp3) is 0.310. The van der Waals surface area contributed by atoms with Crippen molar-refractivity contribution < 1.29 is 9.90 Å². The number of hydrogen-bond donors (Lipinski definition) is 3. The Morgan fingerprint density at radius 1 is 1.11 bits per heavy atom. The molecule has 8 heteroatoms. The number of aromatic amines is 1. The quantitative estimate of drug-likeness (QED) is 0.297. The largest absolute Gasteiger partial charge is 0.396 e. The van der Waals surface area contributed by atoms with E-state index < -0.39 is 0 Å². The summed E-state index contributed by atoms with van der Waals surface area (Å²) in [5.74, 6) is -0.0815. The number of aliphatic hydroxyl groups excluding tert-OH is 1. The van der Waals surface area contributed by atoms with E-state index in [2.05, 4.69) is 43.5 Å². The second-order valence-electron chi connectivity index (χ2n) is 9.49. The lowest BCUT2D eigenvalue weighted by atomic mass is 10.1. The third-order valence-corrected chi connectivity index (χ3v) is 7.87. The Morgan fingerprint density at radius 3 is 2.70 bits per heavy atom. The van der Waals surface area contributed by atoms with Crippen LogP contribution in [0, 0.1) is 6.92 Å². The van der Waals surface area contributed by atoms with Crippen LogP contribution < -0.4 is 5.32 Å². The number of carbonyl (C=O) groups excluding carboxylic acids is 1. The van der Waals surface area contributed by atoms with E-state index in [9.17, 15) is 4.79 Å². The van der Waals surface area contributed by atoms with Crippen molar-refractivity contribution in [2.24, 2.45) is 0 Å². The number of para-hydroxylation sites is 1.